The molecule has 0 aliphatic heterocycles. The monoisotopic (exact) mass is 763 g/mol. The Hall–Kier alpha value is -7.74. The maximum absolute atomic E-state index is 2.52. The number of rotatable bonds is 8. The van der Waals surface area contributed by atoms with Crippen molar-refractivity contribution in [3.05, 3.63) is 271 Å². The summed E-state index contributed by atoms with van der Waals surface area (Å²) in [6.07, 6.45) is 0. The summed E-state index contributed by atoms with van der Waals surface area (Å²) in [6.45, 7) is 0. The predicted octanol–water partition coefficient (Wildman–Crippen LogP) is 15.7. The van der Waals surface area contributed by atoms with E-state index in [1.807, 2.05) is 0 Å². The summed E-state index contributed by atoms with van der Waals surface area (Å²) in [5.41, 5.74) is 17.5. The van der Waals surface area contributed by atoms with Crippen molar-refractivity contribution in [3.8, 4) is 44.5 Å². The van der Waals surface area contributed by atoms with Crippen LogP contribution in [0.15, 0.2) is 249 Å². The van der Waals surface area contributed by atoms with Crippen molar-refractivity contribution in [2.45, 2.75) is 5.41 Å². The highest BCUT2D eigenvalue weighted by Gasteiger charge is 2.46. The molecule has 0 radical (unpaired) electrons. The SMILES string of the molecule is c1ccc(-c2ccccc2-c2c(-c3ccccc3)cccc2N(c2ccc3c(c2)C(c2ccccc2)(c2ccccc2)c2ccccc2-3)c2cccc3ccccc23)cc1. The standard InChI is InChI=1S/C59H41N/c1-5-21-42(22-6-1)48-31-15-16-34-53(48)58-50(44-23-7-2-8-24-44)35-20-38-57(58)60(56-37-19-26-43-25-13-14-32-49(43)56)47-39-40-52-51-33-17-18-36-54(51)59(55(52)41-47,45-27-9-3-10-28-45)46-29-11-4-12-30-46/h1-41H. The third-order valence-corrected chi connectivity index (χ3v) is 12.4. The number of hydrogen-bond acceptors (Lipinski definition) is 1. The van der Waals surface area contributed by atoms with Gasteiger partial charge in [-0.25, -0.2) is 0 Å². The Labute approximate surface area is 352 Å². The van der Waals surface area contributed by atoms with Gasteiger partial charge in [-0.1, -0.05) is 224 Å². The zero-order valence-electron chi connectivity index (χ0n) is 33.1. The zero-order valence-corrected chi connectivity index (χ0v) is 33.1. The summed E-state index contributed by atoms with van der Waals surface area (Å²) < 4.78 is 0. The van der Waals surface area contributed by atoms with E-state index < -0.39 is 5.41 Å². The second-order valence-electron chi connectivity index (χ2n) is 15.6. The minimum Gasteiger partial charge on any atom is -0.309 e. The van der Waals surface area contributed by atoms with Crippen molar-refractivity contribution in [3.63, 3.8) is 0 Å². The molecule has 1 nitrogen and oxygen atoms in total. The zero-order chi connectivity index (χ0) is 39.9. The minimum absolute atomic E-state index is 0.538. The number of benzene rings is 10. The first-order valence-electron chi connectivity index (χ1n) is 20.8. The van der Waals surface area contributed by atoms with E-state index in [1.54, 1.807) is 0 Å². The predicted molar refractivity (Wildman–Crippen MR) is 252 cm³/mol. The summed E-state index contributed by atoms with van der Waals surface area (Å²) in [5, 5.41) is 2.38. The molecule has 0 bridgehead atoms. The first-order chi connectivity index (χ1) is 29.8. The van der Waals surface area contributed by atoms with Crippen molar-refractivity contribution >= 4 is 27.8 Å². The molecule has 1 heteroatoms. The topological polar surface area (TPSA) is 3.24 Å². The molecular weight excluding hydrogens is 723 g/mol. The fourth-order valence-electron chi connectivity index (χ4n) is 9.82. The lowest BCUT2D eigenvalue weighted by molar-refractivity contribution is 0.768. The average Bonchev–Trinajstić information content (AvgIpc) is 3.63. The lowest BCUT2D eigenvalue weighted by Crippen LogP contribution is -2.28. The number of hydrogen-bond donors (Lipinski definition) is 0. The molecule has 0 saturated carbocycles. The van der Waals surface area contributed by atoms with Crippen molar-refractivity contribution < 1.29 is 0 Å². The van der Waals surface area contributed by atoms with Crippen LogP contribution in [0.5, 0.6) is 0 Å². The van der Waals surface area contributed by atoms with E-state index in [0.29, 0.717) is 0 Å². The van der Waals surface area contributed by atoms with Crippen LogP contribution in [0, 0.1) is 0 Å². The first-order valence-corrected chi connectivity index (χ1v) is 20.8. The first kappa shape index (κ1) is 35.4. The Balaban J connectivity index is 1.26. The molecule has 11 rings (SSSR count). The highest BCUT2D eigenvalue weighted by Crippen LogP contribution is 2.58. The van der Waals surface area contributed by atoms with Gasteiger partial charge in [-0.15, -0.1) is 0 Å². The molecule has 0 spiro atoms. The van der Waals surface area contributed by atoms with Crippen LogP contribution in [0.25, 0.3) is 55.3 Å². The molecule has 0 aromatic heterocycles. The maximum atomic E-state index is 2.52. The van der Waals surface area contributed by atoms with Crippen molar-refractivity contribution in [1.29, 1.82) is 0 Å². The number of anilines is 3. The highest BCUT2D eigenvalue weighted by molar-refractivity contribution is 6.05. The molecule has 60 heavy (non-hydrogen) atoms. The fraction of sp³-hybridized carbons (Fsp3) is 0.0169. The quantitative estimate of drug-likeness (QED) is 0.149. The Kier molecular flexibility index (Phi) is 8.79. The smallest absolute Gasteiger partial charge is 0.0714 e. The van der Waals surface area contributed by atoms with E-state index in [4.69, 9.17) is 0 Å². The molecule has 0 unspecified atom stereocenters. The van der Waals surface area contributed by atoms with Crippen molar-refractivity contribution in [2.75, 3.05) is 4.90 Å². The molecule has 1 aliphatic rings. The van der Waals surface area contributed by atoms with Gasteiger partial charge in [-0.2, -0.15) is 0 Å². The lowest BCUT2D eigenvalue weighted by atomic mass is 9.67. The van der Waals surface area contributed by atoms with Gasteiger partial charge in [0.05, 0.1) is 16.8 Å². The van der Waals surface area contributed by atoms with Crippen molar-refractivity contribution in [1.82, 2.24) is 0 Å². The van der Waals surface area contributed by atoms with E-state index in [9.17, 15) is 0 Å². The van der Waals surface area contributed by atoms with Crippen LogP contribution in [-0.2, 0) is 5.41 Å². The van der Waals surface area contributed by atoms with Crippen LogP contribution in [0.3, 0.4) is 0 Å². The van der Waals surface area contributed by atoms with Gasteiger partial charge in [0.2, 0.25) is 0 Å². The van der Waals surface area contributed by atoms with Gasteiger partial charge < -0.3 is 4.90 Å². The summed E-state index contributed by atoms with van der Waals surface area (Å²) in [7, 11) is 0. The summed E-state index contributed by atoms with van der Waals surface area (Å²) in [6, 6.07) is 91.2. The Bertz CT molecular complexity index is 3090. The van der Waals surface area contributed by atoms with Crippen LogP contribution in [0.1, 0.15) is 22.3 Å². The molecule has 0 heterocycles. The molecule has 0 N–H and O–H groups in total. The maximum Gasteiger partial charge on any atom is 0.0714 e. The van der Waals surface area contributed by atoms with E-state index in [-0.39, 0.29) is 0 Å². The van der Waals surface area contributed by atoms with Crippen LogP contribution >= 0.6 is 0 Å². The molecule has 10 aromatic carbocycles. The minimum atomic E-state index is -0.538. The Morgan fingerprint density at radius 3 is 1.48 bits per heavy atom. The van der Waals surface area contributed by atoms with Crippen LogP contribution in [0.4, 0.5) is 17.1 Å². The van der Waals surface area contributed by atoms with Gasteiger partial charge in [0.25, 0.3) is 0 Å². The van der Waals surface area contributed by atoms with Crippen LogP contribution < -0.4 is 4.90 Å². The van der Waals surface area contributed by atoms with E-state index in [2.05, 4.69) is 254 Å². The molecular formula is C59H41N. The van der Waals surface area contributed by atoms with Crippen LogP contribution in [-0.4, -0.2) is 0 Å². The van der Waals surface area contributed by atoms with Gasteiger partial charge in [-0.3, -0.25) is 0 Å². The second-order valence-corrected chi connectivity index (χ2v) is 15.6. The molecule has 1 aliphatic carbocycles. The lowest BCUT2D eigenvalue weighted by Gasteiger charge is -2.35. The Morgan fingerprint density at radius 2 is 0.783 bits per heavy atom. The van der Waals surface area contributed by atoms with Crippen molar-refractivity contribution in [2.24, 2.45) is 0 Å². The molecule has 0 amide bonds. The third-order valence-electron chi connectivity index (χ3n) is 12.4. The van der Waals surface area contributed by atoms with Gasteiger partial charge in [0.1, 0.15) is 0 Å². The second kappa shape index (κ2) is 14.9. The highest BCUT2D eigenvalue weighted by atomic mass is 15.1. The normalized spacial score (nSPS) is 12.5. The van der Waals surface area contributed by atoms with E-state index >= 15 is 0 Å². The average molecular weight is 764 g/mol. The van der Waals surface area contributed by atoms with Gasteiger partial charge in [-0.05, 0) is 90.8 Å². The molecule has 282 valence electrons. The van der Waals surface area contributed by atoms with Gasteiger partial charge >= 0.3 is 0 Å². The molecule has 0 fully saturated rings. The number of nitrogens with zero attached hydrogens (tertiary/aromatic N) is 1. The fourth-order valence-corrected chi connectivity index (χ4v) is 9.82. The summed E-state index contributed by atoms with van der Waals surface area (Å²) in [5.74, 6) is 0. The largest absolute Gasteiger partial charge is 0.309 e. The van der Waals surface area contributed by atoms with E-state index in [1.165, 1.54) is 77.5 Å². The summed E-state index contributed by atoms with van der Waals surface area (Å²) in [4.78, 5) is 2.52. The van der Waals surface area contributed by atoms with E-state index in [0.717, 1.165) is 17.1 Å². The molecule has 0 saturated heterocycles. The third kappa shape index (κ3) is 5.70. The number of fused-ring (bicyclic) bond motifs is 4. The molecule has 0 atom stereocenters. The molecule has 10 aromatic rings. The van der Waals surface area contributed by atoms with Gasteiger partial charge in [0, 0.05) is 16.6 Å². The van der Waals surface area contributed by atoms with Crippen LogP contribution in [0.2, 0.25) is 0 Å². The van der Waals surface area contributed by atoms with Gasteiger partial charge in [0.15, 0.2) is 0 Å². The Morgan fingerprint density at radius 1 is 0.300 bits per heavy atom. The summed E-state index contributed by atoms with van der Waals surface area (Å²) >= 11 is 0.